The number of rotatable bonds is 7. The van der Waals surface area contributed by atoms with Crippen molar-refractivity contribution >= 4 is 28.4 Å². The van der Waals surface area contributed by atoms with Crippen LogP contribution in [0.1, 0.15) is 31.9 Å². The van der Waals surface area contributed by atoms with Crippen molar-refractivity contribution in [1.82, 2.24) is 10.3 Å². The maximum Gasteiger partial charge on any atom is 0.217 e. The molecule has 124 valence electrons. The quantitative estimate of drug-likeness (QED) is 0.762. The van der Waals surface area contributed by atoms with Crippen LogP contribution in [0.2, 0.25) is 5.02 Å². The van der Waals surface area contributed by atoms with Crippen LogP contribution in [-0.4, -0.2) is 30.2 Å². The van der Waals surface area contributed by atoms with Crippen LogP contribution in [0.5, 0.6) is 5.75 Å². The van der Waals surface area contributed by atoms with Gasteiger partial charge < -0.3 is 19.8 Å². The number of carbonyl (C=O) groups is 1. The lowest BCUT2D eigenvalue weighted by Gasteiger charge is -2.25. The van der Waals surface area contributed by atoms with Gasteiger partial charge in [0.2, 0.25) is 5.91 Å². The Morgan fingerprint density at radius 2 is 2.17 bits per heavy atom. The van der Waals surface area contributed by atoms with E-state index in [0.717, 1.165) is 29.4 Å². The second-order valence-corrected chi connectivity index (χ2v) is 6.25. The first-order valence-corrected chi connectivity index (χ1v) is 8.29. The summed E-state index contributed by atoms with van der Waals surface area (Å²) in [4.78, 5) is 14.2. The number of amides is 1. The lowest BCUT2D eigenvalue weighted by Crippen LogP contribution is -2.23. The average Bonchev–Trinajstić information content (AvgIpc) is 2.84. The summed E-state index contributed by atoms with van der Waals surface area (Å²) in [6, 6.07) is 5.73. The van der Waals surface area contributed by atoms with E-state index in [9.17, 15) is 4.79 Å². The van der Waals surface area contributed by atoms with E-state index in [1.165, 1.54) is 13.3 Å². The molecule has 6 heteroatoms. The Kier molecular flexibility index (Phi) is 5.08. The summed E-state index contributed by atoms with van der Waals surface area (Å²) >= 11 is 6.27. The summed E-state index contributed by atoms with van der Waals surface area (Å²) in [5, 5.41) is 4.33. The Bertz CT molecular complexity index is 694. The van der Waals surface area contributed by atoms with Crippen molar-refractivity contribution in [2.24, 2.45) is 0 Å². The van der Waals surface area contributed by atoms with Gasteiger partial charge in [0, 0.05) is 29.6 Å². The van der Waals surface area contributed by atoms with Crippen molar-refractivity contribution in [1.29, 1.82) is 0 Å². The van der Waals surface area contributed by atoms with Crippen LogP contribution >= 0.6 is 11.6 Å². The molecule has 0 spiro atoms. The maximum atomic E-state index is 11.0. The smallest absolute Gasteiger partial charge is 0.217 e. The van der Waals surface area contributed by atoms with Crippen LogP contribution in [0, 0.1) is 0 Å². The third kappa shape index (κ3) is 4.18. The standard InChI is InChI=1S/C17H21ClN2O3/c1-11(21)19-10-13-7-12-8-15(18)17(9-16(12)20-13)23-6-5-22-14-3-2-4-14/h7-9,14,20H,2-6,10H2,1H3,(H,19,21). The first kappa shape index (κ1) is 16.1. The zero-order valence-electron chi connectivity index (χ0n) is 13.2. The molecule has 0 saturated heterocycles. The van der Waals surface area contributed by atoms with Crippen molar-refractivity contribution in [3.8, 4) is 5.75 Å². The van der Waals surface area contributed by atoms with Gasteiger partial charge in [0.05, 0.1) is 24.3 Å². The number of halogens is 1. The van der Waals surface area contributed by atoms with E-state index < -0.39 is 0 Å². The van der Waals surface area contributed by atoms with E-state index >= 15 is 0 Å². The monoisotopic (exact) mass is 336 g/mol. The van der Waals surface area contributed by atoms with Crippen LogP contribution in [-0.2, 0) is 16.1 Å². The molecular weight excluding hydrogens is 316 g/mol. The van der Waals surface area contributed by atoms with Crippen LogP contribution in [0.3, 0.4) is 0 Å². The molecule has 1 heterocycles. The molecule has 5 nitrogen and oxygen atoms in total. The second-order valence-electron chi connectivity index (χ2n) is 5.85. The van der Waals surface area contributed by atoms with E-state index in [1.807, 2.05) is 18.2 Å². The molecular formula is C17H21ClN2O3. The largest absolute Gasteiger partial charge is 0.490 e. The molecule has 1 aromatic heterocycles. The van der Waals surface area contributed by atoms with E-state index in [1.54, 1.807) is 0 Å². The number of aromatic nitrogens is 1. The third-order valence-corrected chi connectivity index (χ3v) is 4.30. The number of hydrogen-bond acceptors (Lipinski definition) is 3. The Hall–Kier alpha value is -1.72. The van der Waals surface area contributed by atoms with Crippen LogP contribution in [0.25, 0.3) is 10.9 Å². The van der Waals surface area contributed by atoms with Crippen molar-refractivity contribution in [2.75, 3.05) is 13.2 Å². The first-order chi connectivity index (χ1) is 11.1. The molecule has 1 amide bonds. The van der Waals surface area contributed by atoms with E-state index in [0.29, 0.717) is 36.6 Å². The molecule has 23 heavy (non-hydrogen) atoms. The Balaban J connectivity index is 1.60. The number of benzene rings is 1. The fraction of sp³-hybridized carbons (Fsp3) is 0.471. The summed E-state index contributed by atoms with van der Waals surface area (Å²) in [7, 11) is 0. The van der Waals surface area contributed by atoms with E-state index in [4.69, 9.17) is 21.1 Å². The molecule has 0 atom stereocenters. The molecule has 3 rings (SSSR count). The van der Waals surface area contributed by atoms with E-state index in [-0.39, 0.29) is 5.91 Å². The van der Waals surface area contributed by atoms with Gasteiger partial charge in [0.1, 0.15) is 12.4 Å². The molecule has 1 fully saturated rings. The highest BCUT2D eigenvalue weighted by atomic mass is 35.5. The molecule has 2 aromatic rings. The zero-order valence-corrected chi connectivity index (χ0v) is 13.9. The van der Waals surface area contributed by atoms with Crippen LogP contribution in [0.15, 0.2) is 18.2 Å². The number of carbonyl (C=O) groups excluding carboxylic acids is 1. The summed E-state index contributed by atoms with van der Waals surface area (Å²) in [6.07, 6.45) is 4.00. The van der Waals surface area contributed by atoms with Gasteiger partial charge in [-0.05, 0) is 31.4 Å². The number of ether oxygens (including phenoxy) is 2. The Morgan fingerprint density at radius 1 is 1.35 bits per heavy atom. The molecule has 1 aliphatic rings. The number of hydrogen-bond donors (Lipinski definition) is 2. The molecule has 2 N–H and O–H groups in total. The molecule has 1 saturated carbocycles. The maximum absolute atomic E-state index is 11.0. The highest BCUT2D eigenvalue weighted by molar-refractivity contribution is 6.32. The molecule has 0 radical (unpaired) electrons. The minimum absolute atomic E-state index is 0.0582. The number of H-pyrrole nitrogens is 1. The van der Waals surface area contributed by atoms with Gasteiger partial charge in [0.25, 0.3) is 0 Å². The molecule has 1 aromatic carbocycles. The van der Waals surface area contributed by atoms with Crippen molar-refractivity contribution in [2.45, 2.75) is 38.8 Å². The predicted octanol–water partition coefficient (Wildman–Crippen LogP) is 3.41. The lowest BCUT2D eigenvalue weighted by molar-refractivity contribution is -0.119. The average molecular weight is 337 g/mol. The van der Waals surface area contributed by atoms with Crippen LogP contribution in [0.4, 0.5) is 0 Å². The third-order valence-electron chi connectivity index (χ3n) is 4.00. The van der Waals surface area contributed by atoms with Gasteiger partial charge in [0.15, 0.2) is 0 Å². The normalized spacial score (nSPS) is 14.7. The van der Waals surface area contributed by atoms with Crippen LogP contribution < -0.4 is 10.1 Å². The molecule has 0 bridgehead atoms. The van der Waals surface area contributed by atoms with Crippen molar-refractivity contribution < 1.29 is 14.3 Å². The zero-order chi connectivity index (χ0) is 16.2. The number of fused-ring (bicyclic) bond motifs is 1. The van der Waals surface area contributed by atoms with Gasteiger partial charge in [-0.3, -0.25) is 4.79 Å². The fourth-order valence-electron chi connectivity index (χ4n) is 2.52. The van der Waals surface area contributed by atoms with Crippen molar-refractivity contribution in [3.63, 3.8) is 0 Å². The van der Waals surface area contributed by atoms with Gasteiger partial charge in [-0.2, -0.15) is 0 Å². The first-order valence-electron chi connectivity index (χ1n) is 7.92. The summed E-state index contributed by atoms with van der Waals surface area (Å²) in [5.74, 6) is 0.585. The number of nitrogens with one attached hydrogen (secondary N) is 2. The summed E-state index contributed by atoms with van der Waals surface area (Å²) < 4.78 is 11.4. The Morgan fingerprint density at radius 3 is 2.87 bits per heavy atom. The fourth-order valence-corrected chi connectivity index (χ4v) is 2.75. The topological polar surface area (TPSA) is 63.4 Å². The lowest BCUT2D eigenvalue weighted by atomic mass is 9.96. The highest BCUT2D eigenvalue weighted by Gasteiger charge is 2.17. The number of aromatic amines is 1. The predicted molar refractivity (Wildman–Crippen MR) is 89.9 cm³/mol. The minimum atomic E-state index is -0.0582. The minimum Gasteiger partial charge on any atom is -0.490 e. The second kappa shape index (κ2) is 7.23. The van der Waals surface area contributed by atoms with E-state index in [2.05, 4.69) is 10.3 Å². The molecule has 1 aliphatic carbocycles. The summed E-state index contributed by atoms with van der Waals surface area (Å²) in [5.41, 5.74) is 1.86. The summed E-state index contributed by atoms with van der Waals surface area (Å²) in [6.45, 7) is 3.03. The SMILES string of the molecule is CC(=O)NCc1cc2cc(Cl)c(OCCOC3CCC3)cc2[nH]1. The van der Waals surface area contributed by atoms with Gasteiger partial charge in [-0.1, -0.05) is 11.6 Å². The molecule has 0 unspecified atom stereocenters. The van der Waals surface area contributed by atoms with Gasteiger partial charge >= 0.3 is 0 Å². The highest BCUT2D eigenvalue weighted by Crippen LogP contribution is 2.30. The van der Waals surface area contributed by atoms with Gasteiger partial charge in [-0.25, -0.2) is 0 Å². The van der Waals surface area contributed by atoms with Crippen molar-refractivity contribution in [3.05, 3.63) is 28.9 Å². The Labute approximate surface area is 140 Å². The van der Waals surface area contributed by atoms with Gasteiger partial charge in [-0.15, -0.1) is 0 Å². The molecule has 0 aliphatic heterocycles.